The Morgan fingerprint density at radius 1 is 1.00 bits per heavy atom. The van der Waals surface area contributed by atoms with Crippen molar-refractivity contribution in [3.05, 3.63) is 0 Å². The second-order valence-corrected chi connectivity index (χ2v) is 13.5. The smallest absolute Gasteiger partial charge is 0.424 e. The minimum absolute atomic E-state index is 0.00381. The van der Waals surface area contributed by atoms with E-state index in [0.717, 1.165) is 18.4 Å². The van der Waals surface area contributed by atoms with Crippen molar-refractivity contribution in [1.82, 2.24) is 5.01 Å². The maximum atomic E-state index is 16.2. The van der Waals surface area contributed by atoms with Gasteiger partial charge in [0.15, 0.2) is 18.2 Å². The number of carbonyl (C=O) groups excluding carboxylic acids is 4. The fourth-order valence-corrected chi connectivity index (χ4v) is 6.96. The first-order chi connectivity index (χ1) is 18.8. The summed E-state index contributed by atoms with van der Waals surface area (Å²) in [4.78, 5) is 53.2. The molecule has 0 aliphatic carbocycles. The Kier molecular flexibility index (Phi) is 9.97. The number of hydrogen-bond acceptors (Lipinski definition) is 9. The number of nitrogens with two attached hydrogens (primary N) is 1. The lowest BCUT2D eigenvalue weighted by molar-refractivity contribution is -0.267. The molecule has 234 valence electrons. The van der Waals surface area contributed by atoms with E-state index in [-0.39, 0.29) is 36.6 Å². The van der Waals surface area contributed by atoms with E-state index in [2.05, 4.69) is 6.92 Å². The number of hydrogen-bond donors (Lipinski definition) is 1. The number of carbonyl (C=O) groups is 4. The fourth-order valence-electron chi connectivity index (χ4n) is 6.96. The summed E-state index contributed by atoms with van der Waals surface area (Å²) in [6, 6.07) is -0.951. The number of cyclic esters (lactones) is 1. The molecule has 41 heavy (non-hydrogen) atoms. The number of halogens is 1. The average Bonchev–Trinajstić information content (AvgIpc) is 3.18. The Morgan fingerprint density at radius 3 is 2.20 bits per heavy atom. The van der Waals surface area contributed by atoms with Crippen LogP contribution >= 0.6 is 0 Å². The predicted octanol–water partition coefficient (Wildman–Crippen LogP) is 4.37. The molecular formula is C30H49FN2O8. The summed E-state index contributed by atoms with van der Waals surface area (Å²) in [5.74, 6) is 1.35. The Bertz CT molecular complexity index is 1020. The first-order valence-corrected chi connectivity index (χ1v) is 14.9. The van der Waals surface area contributed by atoms with Gasteiger partial charge < -0.3 is 18.9 Å². The molecule has 10 nitrogen and oxygen atoms in total. The van der Waals surface area contributed by atoms with Gasteiger partial charge in [-0.3, -0.25) is 9.59 Å². The molecule has 3 fully saturated rings. The van der Waals surface area contributed by atoms with Crippen LogP contribution in [0.1, 0.15) is 88.5 Å². The molecule has 3 aliphatic rings. The van der Waals surface area contributed by atoms with Crippen molar-refractivity contribution in [3.8, 4) is 0 Å². The van der Waals surface area contributed by atoms with E-state index in [0.29, 0.717) is 0 Å². The second-order valence-electron chi connectivity index (χ2n) is 13.5. The molecule has 2 N–H and O–H groups in total. The van der Waals surface area contributed by atoms with Crippen molar-refractivity contribution in [2.75, 3.05) is 0 Å². The van der Waals surface area contributed by atoms with Gasteiger partial charge in [-0.25, -0.2) is 24.8 Å². The largest absolute Gasteiger partial charge is 0.456 e. The third kappa shape index (κ3) is 6.46. The van der Waals surface area contributed by atoms with Crippen LogP contribution in [-0.4, -0.2) is 71.1 Å². The van der Waals surface area contributed by atoms with Crippen LogP contribution in [-0.2, 0) is 33.3 Å². The summed E-state index contributed by atoms with van der Waals surface area (Å²) in [7, 11) is 0. The zero-order chi connectivity index (χ0) is 31.2. The summed E-state index contributed by atoms with van der Waals surface area (Å²) >= 11 is 0. The molecule has 0 saturated carbocycles. The number of ether oxygens (including phenoxy) is 4. The van der Waals surface area contributed by atoms with Crippen molar-refractivity contribution >= 4 is 23.6 Å². The van der Waals surface area contributed by atoms with E-state index >= 15 is 4.39 Å². The zero-order valence-electron chi connectivity index (χ0n) is 26.1. The molecule has 0 aromatic heterocycles. The number of Topliss-reactive ketones (excluding diaryl/α,β-unsaturated/α-hetero) is 2. The van der Waals surface area contributed by atoms with E-state index in [4.69, 9.17) is 24.8 Å². The van der Waals surface area contributed by atoms with Crippen molar-refractivity contribution in [3.63, 3.8) is 0 Å². The van der Waals surface area contributed by atoms with E-state index in [9.17, 15) is 19.2 Å². The van der Waals surface area contributed by atoms with Gasteiger partial charge in [-0.1, -0.05) is 55.4 Å². The number of amides is 1. The van der Waals surface area contributed by atoms with Crippen LogP contribution < -0.4 is 5.84 Å². The maximum absolute atomic E-state index is 16.2. The summed E-state index contributed by atoms with van der Waals surface area (Å²) in [6.07, 6.45) is -3.47. The Hall–Kier alpha value is -2.11. The van der Waals surface area contributed by atoms with Gasteiger partial charge in [0.1, 0.15) is 17.9 Å². The molecule has 1 amide bonds. The molecule has 0 radical (unpaired) electrons. The van der Waals surface area contributed by atoms with Crippen LogP contribution in [0.2, 0.25) is 0 Å². The Morgan fingerprint density at radius 2 is 1.61 bits per heavy atom. The van der Waals surface area contributed by atoms with Gasteiger partial charge in [0, 0.05) is 23.7 Å². The van der Waals surface area contributed by atoms with Crippen LogP contribution in [0.4, 0.5) is 9.18 Å². The number of alkyl halides is 1. The minimum Gasteiger partial charge on any atom is -0.456 e. The molecule has 0 spiro atoms. The normalized spacial score (nSPS) is 44.6. The van der Waals surface area contributed by atoms with E-state index in [1.807, 2.05) is 27.7 Å². The first-order valence-electron chi connectivity index (χ1n) is 14.9. The topological polar surface area (TPSA) is 134 Å². The summed E-state index contributed by atoms with van der Waals surface area (Å²) < 4.78 is 39.8. The first kappa shape index (κ1) is 33.4. The van der Waals surface area contributed by atoms with Gasteiger partial charge >= 0.3 is 12.1 Å². The highest BCUT2D eigenvalue weighted by Gasteiger charge is 2.55. The van der Waals surface area contributed by atoms with Gasteiger partial charge in [-0.2, -0.15) is 0 Å². The summed E-state index contributed by atoms with van der Waals surface area (Å²) in [5, 5.41) is 0.839. The monoisotopic (exact) mass is 584 g/mol. The lowest BCUT2D eigenvalue weighted by Crippen LogP contribution is -2.56. The van der Waals surface area contributed by atoms with Crippen molar-refractivity contribution < 1.29 is 42.5 Å². The van der Waals surface area contributed by atoms with Crippen molar-refractivity contribution in [2.24, 2.45) is 40.8 Å². The quantitative estimate of drug-likeness (QED) is 0.222. The van der Waals surface area contributed by atoms with Crippen LogP contribution in [0.15, 0.2) is 0 Å². The van der Waals surface area contributed by atoms with Gasteiger partial charge in [-0.15, -0.1) is 0 Å². The van der Waals surface area contributed by atoms with E-state index in [1.165, 1.54) is 0 Å². The second kappa shape index (κ2) is 12.2. The number of hydrazine groups is 1. The maximum Gasteiger partial charge on any atom is 0.424 e. The number of rotatable bonds is 3. The van der Waals surface area contributed by atoms with Gasteiger partial charge in [0.2, 0.25) is 0 Å². The standard InChI is InChI=1S/C30H49FN2O8/c1-11-20-23-21(33(32)28(37)40-23)18(6)22(34)15(3)13-29(8,9)25(19(7)24(35)30(10,31)27(36)39-20)41-26-17(5)14(2)12-16(4)38-26/h14-21,23,25-26H,11-13,32H2,1-10H3/t14-,15+,16+,17+,18+,19-,20+,21+,23?,25+,26?,30-/m0/s1. The lowest BCUT2D eigenvalue weighted by Gasteiger charge is -2.45. The van der Waals surface area contributed by atoms with Crippen LogP contribution in [0.25, 0.3) is 0 Å². The molecule has 3 rings (SSSR count). The highest BCUT2D eigenvalue weighted by Crippen LogP contribution is 2.42. The predicted molar refractivity (Wildman–Crippen MR) is 148 cm³/mol. The number of ketones is 2. The lowest BCUT2D eigenvalue weighted by atomic mass is 9.69. The van der Waals surface area contributed by atoms with Gasteiger partial charge in [-0.05, 0) is 44.4 Å². The zero-order valence-corrected chi connectivity index (χ0v) is 26.1. The molecule has 3 saturated heterocycles. The van der Waals surface area contributed by atoms with E-state index < -0.39 is 77.3 Å². The number of nitrogens with zero attached hydrogens (tertiary/aromatic N) is 1. The number of fused-ring (bicyclic) bond motifs is 1. The molecule has 0 aromatic carbocycles. The molecule has 2 unspecified atom stereocenters. The summed E-state index contributed by atoms with van der Waals surface area (Å²) in [6.45, 7) is 17.3. The molecule has 11 heteroatoms. The number of esters is 1. The fraction of sp³-hybridized carbons (Fsp3) is 0.867. The molecule has 3 aliphatic heterocycles. The molecule has 12 atom stereocenters. The molecule has 0 aromatic rings. The third-order valence-electron chi connectivity index (χ3n) is 9.57. The Balaban J connectivity index is 2.08. The molecule has 0 bridgehead atoms. The van der Waals surface area contributed by atoms with Crippen LogP contribution in [0.5, 0.6) is 0 Å². The van der Waals surface area contributed by atoms with Crippen LogP contribution in [0, 0.1) is 35.0 Å². The van der Waals surface area contributed by atoms with Crippen LogP contribution in [0.3, 0.4) is 0 Å². The SMILES string of the molecule is CC[C@H]1OC(=O)[C@@](C)(F)C(=O)[C@H](C)[C@@H](OC2O[C@H](C)C[C@H](C)[C@H]2C)C(C)(C)C[C@@H](C)C(=O)[C@H](C)[C@@H]2C1OC(=O)N2N. The average molecular weight is 585 g/mol. The summed E-state index contributed by atoms with van der Waals surface area (Å²) in [5.41, 5.74) is -3.85. The molecular weight excluding hydrogens is 535 g/mol. The van der Waals surface area contributed by atoms with Crippen molar-refractivity contribution in [2.45, 2.75) is 131 Å². The highest BCUT2D eigenvalue weighted by atomic mass is 19.1. The molecule has 3 heterocycles. The van der Waals surface area contributed by atoms with Gasteiger partial charge in [0.25, 0.3) is 5.67 Å². The third-order valence-corrected chi connectivity index (χ3v) is 9.57. The Labute approximate surface area is 243 Å². The van der Waals surface area contributed by atoms with E-state index in [1.54, 1.807) is 27.7 Å². The highest BCUT2D eigenvalue weighted by molar-refractivity contribution is 6.07. The van der Waals surface area contributed by atoms with Crippen molar-refractivity contribution in [1.29, 1.82) is 0 Å². The van der Waals surface area contributed by atoms with Gasteiger partial charge in [0.05, 0.1) is 12.2 Å². The minimum atomic E-state index is -3.01.